The van der Waals surface area contributed by atoms with Crippen LogP contribution in [0.5, 0.6) is 0 Å². The van der Waals surface area contributed by atoms with Crippen LogP contribution in [0.3, 0.4) is 0 Å². The van der Waals surface area contributed by atoms with Crippen LogP contribution in [0.1, 0.15) is 31.1 Å². The number of benzene rings is 3. The Bertz CT molecular complexity index is 992. The van der Waals surface area contributed by atoms with Gasteiger partial charge in [-0.25, -0.2) is 0 Å². The van der Waals surface area contributed by atoms with Crippen molar-refractivity contribution in [1.29, 1.82) is 0 Å². The van der Waals surface area contributed by atoms with Crippen molar-refractivity contribution in [2.45, 2.75) is 25.5 Å². The molecule has 0 saturated carbocycles. The van der Waals surface area contributed by atoms with Gasteiger partial charge in [-0.2, -0.15) is 0 Å². The Balaban J connectivity index is 2.08. The van der Waals surface area contributed by atoms with Crippen molar-refractivity contribution in [3.63, 3.8) is 0 Å². The summed E-state index contributed by atoms with van der Waals surface area (Å²) < 4.78 is 21.9. The number of nitrogens with one attached hydrogen (secondary N) is 1. The van der Waals surface area contributed by atoms with Gasteiger partial charge >= 0.3 is 0 Å². The molecular weight excluding hydrogens is 471 g/mol. The van der Waals surface area contributed by atoms with E-state index in [1.54, 1.807) is 0 Å². The molecule has 0 fully saturated rings. The summed E-state index contributed by atoms with van der Waals surface area (Å²) in [5.74, 6) is -0.509. The second kappa shape index (κ2) is 11.0. The van der Waals surface area contributed by atoms with Gasteiger partial charge < -0.3 is 14.7 Å². The first-order valence-electron chi connectivity index (χ1n) is 10.5. The SMILES string of the molecule is CCCCOP(=O)(c1ccc(N(C)C)cc1)C(Nc1ccccc1)c1ccc(Br)cc1. The van der Waals surface area contributed by atoms with Gasteiger partial charge in [0.2, 0.25) is 0 Å². The summed E-state index contributed by atoms with van der Waals surface area (Å²) in [6.07, 6.45) is 1.84. The van der Waals surface area contributed by atoms with E-state index in [2.05, 4.69) is 28.2 Å². The van der Waals surface area contributed by atoms with Crippen molar-refractivity contribution in [3.8, 4) is 0 Å². The van der Waals surface area contributed by atoms with Gasteiger partial charge in [0, 0.05) is 35.2 Å². The van der Waals surface area contributed by atoms with Crippen molar-refractivity contribution < 1.29 is 9.09 Å². The summed E-state index contributed by atoms with van der Waals surface area (Å²) in [4.78, 5) is 2.03. The van der Waals surface area contributed by atoms with Gasteiger partial charge in [-0.15, -0.1) is 0 Å². The van der Waals surface area contributed by atoms with E-state index in [1.165, 1.54) is 0 Å². The molecule has 31 heavy (non-hydrogen) atoms. The lowest BCUT2D eigenvalue weighted by atomic mass is 10.2. The van der Waals surface area contributed by atoms with Gasteiger partial charge in [-0.3, -0.25) is 4.57 Å². The lowest BCUT2D eigenvalue weighted by Crippen LogP contribution is -2.21. The minimum atomic E-state index is -3.31. The van der Waals surface area contributed by atoms with Crippen molar-refractivity contribution in [3.05, 3.63) is 88.9 Å². The monoisotopic (exact) mass is 500 g/mol. The van der Waals surface area contributed by atoms with E-state index in [1.807, 2.05) is 97.9 Å². The zero-order chi connectivity index (χ0) is 22.3. The highest BCUT2D eigenvalue weighted by Crippen LogP contribution is 2.59. The molecule has 3 aromatic rings. The topological polar surface area (TPSA) is 41.6 Å². The predicted molar refractivity (Wildman–Crippen MR) is 136 cm³/mol. The molecule has 0 heterocycles. The molecule has 0 spiro atoms. The van der Waals surface area contributed by atoms with E-state index in [0.29, 0.717) is 11.9 Å². The van der Waals surface area contributed by atoms with Gasteiger partial charge in [0.1, 0.15) is 5.78 Å². The highest BCUT2D eigenvalue weighted by molar-refractivity contribution is 9.10. The van der Waals surface area contributed by atoms with Crippen molar-refractivity contribution in [1.82, 2.24) is 0 Å². The van der Waals surface area contributed by atoms with Crippen LogP contribution in [0.25, 0.3) is 0 Å². The van der Waals surface area contributed by atoms with E-state index in [9.17, 15) is 4.57 Å². The van der Waals surface area contributed by atoms with E-state index in [0.717, 1.165) is 34.3 Å². The van der Waals surface area contributed by atoms with Crippen LogP contribution in [-0.4, -0.2) is 20.7 Å². The maximum atomic E-state index is 14.7. The molecule has 0 aliphatic rings. The third kappa shape index (κ3) is 6.00. The number of nitrogens with zero attached hydrogens (tertiary/aromatic N) is 1. The molecule has 0 aliphatic carbocycles. The number of unbranched alkanes of at least 4 members (excludes halogenated alkanes) is 1. The van der Waals surface area contributed by atoms with Gasteiger partial charge in [-0.05, 0) is 60.5 Å². The number of rotatable bonds is 10. The van der Waals surface area contributed by atoms with Crippen LogP contribution >= 0.6 is 23.3 Å². The molecule has 0 saturated heterocycles. The Morgan fingerprint density at radius 1 is 0.968 bits per heavy atom. The standard InChI is InChI=1S/C25H30BrN2O2P/c1-4-5-19-30-31(29,24-17-15-23(16-18-24)28(2)3)25(20-11-13-21(26)14-12-20)27-22-9-7-6-8-10-22/h6-18,25,27H,4-5,19H2,1-3H3. The number of hydrogen-bond acceptors (Lipinski definition) is 4. The fraction of sp³-hybridized carbons (Fsp3) is 0.280. The lowest BCUT2D eigenvalue weighted by molar-refractivity contribution is 0.308. The molecule has 0 amide bonds. The van der Waals surface area contributed by atoms with E-state index < -0.39 is 13.2 Å². The van der Waals surface area contributed by atoms with Crippen LogP contribution in [-0.2, 0) is 9.09 Å². The Hall–Kier alpha value is -2.07. The summed E-state index contributed by atoms with van der Waals surface area (Å²) in [6.45, 7) is 2.56. The van der Waals surface area contributed by atoms with Crippen LogP contribution in [0.4, 0.5) is 11.4 Å². The number of para-hydroxylation sites is 1. The summed E-state index contributed by atoms with van der Waals surface area (Å²) in [5.41, 5.74) is 2.88. The molecule has 0 bridgehead atoms. The second-order valence-corrected chi connectivity index (χ2v) is 11.1. The first-order chi connectivity index (χ1) is 14.9. The van der Waals surface area contributed by atoms with Crippen molar-refractivity contribution >= 4 is 40.0 Å². The molecule has 0 aliphatic heterocycles. The lowest BCUT2D eigenvalue weighted by Gasteiger charge is -2.30. The van der Waals surface area contributed by atoms with Gasteiger partial charge in [0.25, 0.3) is 7.37 Å². The minimum Gasteiger partial charge on any atom is -0.378 e. The maximum Gasteiger partial charge on any atom is 0.258 e. The molecule has 3 rings (SSSR count). The summed E-state index contributed by atoms with van der Waals surface area (Å²) in [5, 5.41) is 4.22. The molecule has 6 heteroatoms. The smallest absolute Gasteiger partial charge is 0.258 e. The Labute approximate surface area is 194 Å². The number of anilines is 2. The first-order valence-corrected chi connectivity index (χ1v) is 13.0. The van der Waals surface area contributed by atoms with E-state index in [4.69, 9.17) is 4.52 Å². The fourth-order valence-electron chi connectivity index (χ4n) is 3.30. The molecule has 2 atom stereocenters. The summed E-state index contributed by atoms with van der Waals surface area (Å²) in [6, 6.07) is 25.7. The third-order valence-corrected chi connectivity index (χ3v) is 8.33. The van der Waals surface area contributed by atoms with Crippen LogP contribution < -0.4 is 15.5 Å². The molecule has 0 aromatic heterocycles. The molecule has 164 valence electrons. The van der Waals surface area contributed by atoms with Crippen LogP contribution in [0.15, 0.2) is 83.3 Å². The average molecular weight is 501 g/mol. The van der Waals surface area contributed by atoms with E-state index >= 15 is 0 Å². The first kappa shape index (κ1) is 23.6. The second-order valence-electron chi connectivity index (χ2n) is 7.66. The molecule has 2 unspecified atom stereocenters. The normalized spacial score (nSPS) is 13.9. The Morgan fingerprint density at radius 2 is 1.61 bits per heavy atom. The summed E-state index contributed by atoms with van der Waals surface area (Å²) in [7, 11) is 0.679. The highest BCUT2D eigenvalue weighted by Gasteiger charge is 2.38. The highest BCUT2D eigenvalue weighted by atomic mass is 79.9. The largest absolute Gasteiger partial charge is 0.378 e. The fourth-order valence-corrected chi connectivity index (χ4v) is 6.01. The predicted octanol–water partition coefficient (Wildman–Crippen LogP) is 7.05. The molecule has 3 aromatic carbocycles. The van der Waals surface area contributed by atoms with Gasteiger partial charge in [0.05, 0.1) is 6.61 Å². The number of halogens is 1. The zero-order valence-corrected chi connectivity index (χ0v) is 20.8. The van der Waals surface area contributed by atoms with Gasteiger partial charge in [0.15, 0.2) is 0 Å². The van der Waals surface area contributed by atoms with Crippen LogP contribution in [0, 0.1) is 0 Å². The molecule has 0 radical (unpaired) electrons. The Kier molecular flexibility index (Phi) is 8.36. The van der Waals surface area contributed by atoms with E-state index in [-0.39, 0.29) is 0 Å². The maximum absolute atomic E-state index is 14.7. The average Bonchev–Trinajstić information content (AvgIpc) is 2.79. The Morgan fingerprint density at radius 3 is 2.19 bits per heavy atom. The molecule has 4 nitrogen and oxygen atoms in total. The molecule has 1 N–H and O–H groups in total. The minimum absolute atomic E-state index is 0.451. The third-order valence-electron chi connectivity index (χ3n) is 5.11. The summed E-state index contributed by atoms with van der Waals surface area (Å²) >= 11 is 3.50. The molecular formula is C25H30BrN2O2P. The van der Waals surface area contributed by atoms with Crippen molar-refractivity contribution in [2.24, 2.45) is 0 Å². The van der Waals surface area contributed by atoms with Crippen molar-refractivity contribution in [2.75, 3.05) is 30.9 Å². The quantitative estimate of drug-likeness (QED) is 0.239. The number of hydrogen-bond donors (Lipinski definition) is 1. The zero-order valence-electron chi connectivity index (χ0n) is 18.3. The van der Waals surface area contributed by atoms with Crippen LogP contribution in [0.2, 0.25) is 0 Å². The van der Waals surface area contributed by atoms with Gasteiger partial charge in [-0.1, -0.05) is 59.6 Å².